The molecule has 1 aromatic heterocycles. The van der Waals surface area contributed by atoms with Gasteiger partial charge in [0.05, 0.1) is 22.1 Å². The van der Waals surface area contributed by atoms with Crippen molar-refractivity contribution in [2.24, 2.45) is 0 Å². The highest BCUT2D eigenvalue weighted by Gasteiger charge is 2.17. The topological polar surface area (TPSA) is 65.1 Å². The summed E-state index contributed by atoms with van der Waals surface area (Å²) in [5.41, 5.74) is 1.02. The van der Waals surface area contributed by atoms with Gasteiger partial charge in [-0.15, -0.1) is 0 Å². The number of halogens is 1. The van der Waals surface area contributed by atoms with Crippen molar-refractivity contribution in [2.45, 2.75) is 19.9 Å². The number of carbonyl (C=O) groups excluding carboxylic acids is 1. The second kappa shape index (κ2) is 5.88. The molecule has 0 saturated heterocycles. The van der Waals surface area contributed by atoms with Crippen LogP contribution in [-0.2, 0) is 6.54 Å². The van der Waals surface area contributed by atoms with Crippen molar-refractivity contribution < 1.29 is 9.72 Å². The van der Waals surface area contributed by atoms with Gasteiger partial charge >= 0.3 is 0 Å². The van der Waals surface area contributed by atoms with Crippen molar-refractivity contribution in [1.29, 1.82) is 0 Å². The molecule has 0 radical (unpaired) electrons. The average Bonchev–Trinajstić information content (AvgIpc) is 2.88. The van der Waals surface area contributed by atoms with Gasteiger partial charge in [0, 0.05) is 30.4 Å². The fourth-order valence-electron chi connectivity index (χ4n) is 1.97. The van der Waals surface area contributed by atoms with Crippen molar-refractivity contribution in [1.82, 2.24) is 4.57 Å². The monoisotopic (exact) mass is 292 g/mol. The van der Waals surface area contributed by atoms with E-state index in [0.717, 1.165) is 0 Å². The number of hydrogen-bond acceptors (Lipinski definition) is 3. The van der Waals surface area contributed by atoms with Gasteiger partial charge in [0.2, 0.25) is 0 Å². The number of nitro groups is 1. The molecule has 0 aliphatic heterocycles. The molecule has 0 fully saturated rings. The van der Waals surface area contributed by atoms with Gasteiger partial charge in [-0.3, -0.25) is 14.9 Å². The molecule has 104 valence electrons. The van der Waals surface area contributed by atoms with E-state index in [-0.39, 0.29) is 18.0 Å². The van der Waals surface area contributed by atoms with Gasteiger partial charge in [0.25, 0.3) is 5.69 Å². The standard InChI is InChI=1S/C14H13ClN2O3/c1-2-14(18)10-6-7-16(8-10)9-11-12(15)4-3-5-13(11)17(19)20/h3-8H,2,9H2,1H3. The predicted molar refractivity (Wildman–Crippen MR) is 76.3 cm³/mol. The number of aromatic nitrogens is 1. The molecule has 0 amide bonds. The number of ketones is 1. The molecular formula is C14H13ClN2O3. The van der Waals surface area contributed by atoms with Crippen molar-refractivity contribution in [2.75, 3.05) is 0 Å². The van der Waals surface area contributed by atoms with Crippen molar-refractivity contribution >= 4 is 23.1 Å². The van der Waals surface area contributed by atoms with Gasteiger partial charge in [0.1, 0.15) is 0 Å². The Kier molecular flexibility index (Phi) is 4.20. The number of nitrogens with zero attached hydrogens (tertiary/aromatic N) is 2. The molecule has 0 aliphatic rings. The molecule has 0 N–H and O–H groups in total. The van der Waals surface area contributed by atoms with Crippen LogP contribution in [0.5, 0.6) is 0 Å². The highest BCUT2D eigenvalue weighted by molar-refractivity contribution is 6.31. The maximum atomic E-state index is 11.6. The lowest BCUT2D eigenvalue weighted by molar-refractivity contribution is -0.385. The van der Waals surface area contributed by atoms with Gasteiger partial charge in [0.15, 0.2) is 5.78 Å². The molecule has 0 bridgehead atoms. The predicted octanol–water partition coefficient (Wildman–Crippen LogP) is 3.69. The summed E-state index contributed by atoms with van der Waals surface area (Å²) < 4.78 is 1.72. The third kappa shape index (κ3) is 2.88. The summed E-state index contributed by atoms with van der Waals surface area (Å²) in [6, 6.07) is 6.29. The number of hydrogen-bond donors (Lipinski definition) is 0. The van der Waals surface area contributed by atoms with E-state index in [1.165, 1.54) is 6.07 Å². The van der Waals surface area contributed by atoms with Crippen LogP contribution in [-0.4, -0.2) is 15.3 Å². The van der Waals surface area contributed by atoms with E-state index in [0.29, 0.717) is 22.6 Å². The lowest BCUT2D eigenvalue weighted by Gasteiger charge is -2.06. The summed E-state index contributed by atoms with van der Waals surface area (Å²) >= 11 is 6.04. The average molecular weight is 293 g/mol. The minimum Gasteiger partial charge on any atom is -0.349 e. The summed E-state index contributed by atoms with van der Waals surface area (Å²) in [5.74, 6) is 0.0393. The van der Waals surface area contributed by atoms with Crippen LogP contribution in [0.3, 0.4) is 0 Å². The highest BCUT2D eigenvalue weighted by Crippen LogP contribution is 2.27. The van der Waals surface area contributed by atoms with E-state index >= 15 is 0 Å². The Labute approximate surface area is 120 Å². The second-order valence-corrected chi connectivity index (χ2v) is 4.75. The zero-order valence-electron chi connectivity index (χ0n) is 10.9. The van der Waals surface area contributed by atoms with Crippen molar-refractivity contribution in [3.8, 4) is 0 Å². The Morgan fingerprint density at radius 1 is 1.40 bits per heavy atom. The van der Waals surface area contributed by atoms with Crippen LogP contribution in [0.4, 0.5) is 5.69 Å². The summed E-state index contributed by atoms with van der Waals surface area (Å²) in [6.07, 6.45) is 3.82. The van der Waals surface area contributed by atoms with Gasteiger partial charge in [-0.05, 0) is 12.1 Å². The SMILES string of the molecule is CCC(=O)c1ccn(Cc2c(Cl)cccc2[N+](=O)[O-])c1. The van der Waals surface area contributed by atoms with Crippen LogP contribution in [0.1, 0.15) is 29.3 Å². The van der Waals surface area contributed by atoms with Crippen LogP contribution in [0, 0.1) is 10.1 Å². The Morgan fingerprint density at radius 2 is 2.15 bits per heavy atom. The number of Topliss-reactive ketones (excluding diaryl/α,β-unsaturated/α-hetero) is 1. The lowest BCUT2D eigenvalue weighted by atomic mass is 10.1. The number of rotatable bonds is 5. The largest absolute Gasteiger partial charge is 0.349 e. The quantitative estimate of drug-likeness (QED) is 0.479. The van der Waals surface area contributed by atoms with Crippen LogP contribution in [0.15, 0.2) is 36.7 Å². The minimum atomic E-state index is -0.456. The van der Waals surface area contributed by atoms with E-state index < -0.39 is 4.92 Å². The summed E-state index contributed by atoms with van der Waals surface area (Å²) in [4.78, 5) is 22.1. The fourth-order valence-corrected chi connectivity index (χ4v) is 2.19. The molecule has 2 aromatic rings. The minimum absolute atomic E-state index is 0.0189. The first kappa shape index (κ1) is 14.3. The first-order valence-corrected chi connectivity index (χ1v) is 6.51. The van der Waals surface area contributed by atoms with Gasteiger partial charge in [-0.1, -0.05) is 24.6 Å². The van der Waals surface area contributed by atoms with E-state index in [9.17, 15) is 14.9 Å². The zero-order chi connectivity index (χ0) is 14.7. The molecule has 1 aromatic carbocycles. The summed E-state index contributed by atoms with van der Waals surface area (Å²) in [6.45, 7) is 2.05. The number of carbonyl (C=O) groups is 1. The molecule has 0 spiro atoms. The van der Waals surface area contributed by atoms with Gasteiger partial charge < -0.3 is 4.57 Å². The number of nitro benzene ring substituents is 1. The molecular weight excluding hydrogens is 280 g/mol. The smallest absolute Gasteiger partial charge is 0.275 e. The molecule has 0 unspecified atom stereocenters. The van der Waals surface area contributed by atoms with E-state index in [1.54, 1.807) is 42.1 Å². The third-order valence-electron chi connectivity index (χ3n) is 3.03. The molecule has 6 heteroatoms. The van der Waals surface area contributed by atoms with Crippen molar-refractivity contribution in [3.05, 3.63) is 62.9 Å². The molecule has 20 heavy (non-hydrogen) atoms. The fraction of sp³-hybridized carbons (Fsp3) is 0.214. The second-order valence-electron chi connectivity index (χ2n) is 4.34. The van der Waals surface area contributed by atoms with Crippen LogP contribution in [0.2, 0.25) is 5.02 Å². The third-order valence-corrected chi connectivity index (χ3v) is 3.38. The first-order valence-electron chi connectivity index (χ1n) is 6.13. The van der Waals surface area contributed by atoms with Gasteiger partial charge in [-0.25, -0.2) is 0 Å². The highest BCUT2D eigenvalue weighted by atomic mass is 35.5. The first-order chi connectivity index (χ1) is 9.52. The van der Waals surface area contributed by atoms with Gasteiger partial charge in [-0.2, -0.15) is 0 Å². The van der Waals surface area contributed by atoms with E-state index in [4.69, 9.17) is 11.6 Å². The summed E-state index contributed by atoms with van der Waals surface area (Å²) in [7, 11) is 0. The Morgan fingerprint density at radius 3 is 2.80 bits per heavy atom. The maximum Gasteiger partial charge on any atom is 0.275 e. The van der Waals surface area contributed by atoms with E-state index in [1.807, 2.05) is 0 Å². The Balaban J connectivity index is 2.33. The van der Waals surface area contributed by atoms with Crippen LogP contribution < -0.4 is 0 Å². The lowest BCUT2D eigenvalue weighted by Crippen LogP contribution is -2.02. The molecule has 0 atom stereocenters. The molecule has 2 rings (SSSR count). The summed E-state index contributed by atoms with van der Waals surface area (Å²) in [5, 5.41) is 11.4. The molecule has 0 aliphatic carbocycles. The normalized spacial score (nSPS) is 10.5. The van der Waals surface area contributed by atoms with Crippen LogP contribution >= 0.6 is 11.6 Å². The van der Waals surface area contributed by atoms with Crippen molar-refractivity contribution in [3.63, 3.8) is 0 Å². The molecule has 0 saturated carbocycles. The zero-order valence-corrected chi connectivity index (χ0v) is 11.6. The number of benzene rings is 1. The van der Waals surface area contributed by atoms with Crippen LogP contribution in [0.25, 0.3) is 0 Å². The molecule has 1 heterocycles. The molecule has 5 nitrogen and oxygen atoms in total. The maximum absolute atomic E-state index is 11.6. The Bertz CT molecular complexity index is 664. The van der Waals surface area contributed by atoms with E-state index in [2.05, 4.69) is 0 Å². The Hall–Kier alpha value is -2.14.